The molecule has 0 atom stereocenters. The molecule has 0 bridgehead atoms. The predicted octanol–water partition coefficient (Wildman–Crippen LogP) is 0.411. The Morgan fingerprint density at radius 1 is 1.60 bits per heavy atom. The molecule has 0 aliphatic heterocycles. The van der Waals surface area contributed by atoms with Gasteiger partial charge in [-0.2, -0.15) is 5.26 Å². The molecule has 3 nitrogen and oxygen atoms in total. The fraction of sp³-hybridized carbons (Fsp3) is 0. The van der Waals surface area contributed by atoms with Gasteiger partial charge in [0, 0.05) is 11.8 Å². The zero-order valence-corrected chi connectivity index (χ0v) is 5.03. The predicted molar refractivity (Wildman–Crippen MR) is 33.7 cm³/mol. The maximum atomic E-state index is 10.0. The quantitative estimate of drug-likeness (QED) is 0.554. The lowest BCUT2D eigenvalue weighted by Gasteiger charge is -1.86. The second-order valence-corrected chi connectivity index (χ2v) is 1.64. The van der Waals surface area contributed by atoms with Crippen LogP contribution in [0.1, 0.15) is 11.3 Å². The van der Waals surface area contributed by atoms with Crippen LogP contribution in [0.25, 0.3) is 0 Å². The van der Waals surface area contributed by atoms with Crippen LogP contribution in [0.3, 0.4) is 0 Å². The second kappa shape index (κ2) is 2.74. The summed E-state index contributed by atoms with van der Waals surface area (Å²) >= 11 is 0. The van der Waals surface area contributed by atoms with E-state index in [1.807, 2.05) is 6.07 Å². The standard InChI is InChI=1S/C7H3N2O/c8-4-7-3-6(5-10)1-2-9-7/h1-3H. The average molecular weight is 131 g/mol. The second-order valence-electron chi connectivity index (χ2n) is 1.64. The van der Waals surface area contributed by atoms with Crippen molar-refractivity contribution in [1.82, 2.24) is 4.98 Å². The number of rotatable bonds is 1. The van der Waals surface area contributed by atoms with E-state index in [0.29, 0.717) is 5.56 Å². The summed E-state index contributed by atoms with van der Waals surface area (Å²) in [6.07, 6.45) is 3.06. The molecule has 0 N–H and O–H groups in total. The molecule has 1 aromatic rings. The molecule has 1 radical (unpaired) electrons. The van der Waals surface area contributed by atoms with E-state index in [0.717, 1.165) is 0 Å². The minimum atomic E-state index is 0.237. The zero-order chi connectivity index (χ0) is 7.40. The van der Waals surface area contributed by atoms with E-state index in [-0.39, 0.29) is 5.69 Å². The molecule has 0 saturated carbocycles. The Hall–Kier alpha value is -1.69. The molecule has 0 aliphatic rings. The van der Waals surface area contributed by atoms with Crippen LogP contribution in [0.4, 0.5) is 0 Å². The van der Waals surface area contributed by atoms with Crippen LogP contribution in [0.2, 0.25) is 0 Å². The summed E-state index contributed by atoms with van der Waals surface area (Å²) in [4.78, 5) is 13.7. The van der Waals surface area contributed by atoms with Gasteiger partial charge in [-0.15, -0.1) is 0 Å². The number of carbonyl (C=O) groups excluding carboxylic acids is 1. The molecule has 1 heterocycles. The summed E-state index contributed by atoms with van der Waals surface area (Å²) in [6, 6.07) is 4.69. The van der Waals surface area contributed by atoms with E-state index in [2.05, 4.69) is 4.98 Å². The van der Waals surface area contributed by atoms with Crippen LogP contribution in [-0.2, 0) is 4.79 Å². The SMILES string of the molecule is N#Cc1cc([C]=O)ccn1. The molecule has 0 amide bonds. The van der Waals surface area contributed by atoms with Gasteiger partial charge in [0.15, 0.2) is 0 Å². The summed E-state index contributed by atoms with van der Waals surface area (Å²) in [5.74, 6) is 0. The van der Waals surface area contributed by atoms with Crippen molar-refractivity contribution in [3.63, 3.8) is 0 Å². The van der Waals surface area contributed by atoms with Crippen molar-refractivity contribution in [2.75, 3.05) is 0 Å². The van der Waals surface area contributed by atoms with Gasteiger partial charge in [-0.25, -0.2) is 4.98 Å². The molecule has 0 fully saturated rings. The van der Waals surface area contributed by atoms with E-state index < -0.39 is 0 Å². The molecule has 0 aliphatic carbocycles. The van der Waals surface area contributed by atoms with Gasteiger partial charge >= 0.3 is 0 Å². The first kappa shape index (κ1) is 6.43. The minimum Gasteiger partial charge on any atom is -0.285 e. The molecule has 0 spiro atoms. The third-order valence-electron chi connectivity index (χ3n) is 0.992. The summed E-state index contributed by atoms with van der Waals surface area (Å²) in [6.45, 7) is 0. The maximum absolute atomic E-state index is 10.0. The normalized spacial score (nSPS) is 8.30. The lowest BCUT2D eigenvalue weighted by molar-refractivity contribution is 0.562. The fourth-order valence-corrected chi connectivity index (χ4v) is 0.555. The molecule has 1 aromatic heterocycles. The molecule has 47 valence electrons. The van der Waals surface area contributed by atoms with Crippen molar-refractivity contribution < 1.29 is 4.79 Å². The molecule has 10 heavy (non-hydrogen) atoms. The number of hydrogen-bond acceptors (Lipinski definition) is 3. The number of aromatic nitrogens is 1. The van der Waals surface area contributed by atoms with Crippen molar-refractivity contribution in [3.05, 3.63) is 29.6 Å². The van der Waals surface area contributed by atoms with Gasteiger partial charge in [0.1, 0.15) is 11.8 Å². The van der Waals surface area contributed by atoms with Crippen LogP contribution < -0.4 is 0 Å². The first-order chi connectivity index (χ1) is 4.86. The number of pyridine rings is 1. The van der Waals surface area contributed by atoms with Crippen molar-refractivity contribution in [3.8, 4) is 6.07 Å². The van der Waals surface area contributed by atoms with E-state index >= 15 is 0 Å². The van der Waals surface area contributed by atoms with Crippen molar-refractivity contribution in [1.29, 1.82) is 5.26 Å². The molecule has 0 unspecified atom stereocenters. The minimum absolute atomic E-state index is 0.237. The van der Waals surface area contributed by atoms with E-state index in [1.54, 1.807) is 6.29 Å². The lowest BCUT2D eigenvalue weighted by Crippen LogP contribution is -1.84. The Morgan fingerprint density at radius 2 is 2.40 bits per heavy atom. The molecule has 3 heteroatoms. The van der Waals surface area contributed by atoms with Crippen molar-refractivity contribution >= 4 is 6.29 Å². The van der Waals surface area contributed by atoms with Gasteiger partial charge in [0.05, 0.1) is 0 Å². The first-order valence-corrected chi connectivity index (χ1v) is 2.61. The highest BCUT2D eigenvalue weighted by molar-refractivity contribution is 5.75. The molecule has 0 saturated heterocycles. The largest absolute Gasteiger partial charge is 0.285 e. The highest BCUT2D eigenvalue weighted by Gasteiger charge is 1.92. The molecule has 1 rings (SSSR count). The molecule has 0 aromatic carbocycles. The average Bonchev–Trinajstić information content (AvgIpc) is 2.05. The van der Waals surface area contributed by atoms with E-state index in [4.69, 9.17) is 5.26 Å². The van der Waals surface area contributed by atoms with Gasteiger partial charge in [-0.3, -0.25) is 4.79 Å². The van der Waals surface area contributed by atoms with Crippen molar-refractivity contribution in [2.24, 2.45) is 0 Å². The van der Waals surface area contributed by atoms with Gasteiger partial charge in [0.25, 0.3) is 0 Å². The van der Waals surface area contributed by atoms with Gasteiger partial charge in [-0.1, -0.05) is 0 Å². The maximum Gasteiger partial charge on any atom is 0.233 e. The lowest BCUT2D eigenvalue weighted by atomic mass is 10.2. The van der Waals surface area contributed by atoms with Gasteiger partial charge in [-0.05, 0) is 12.1 Å². The Balaban J connectivity index is 3.13. The van der Waals surface area contributed by atoms with E-state index in [9.17, 15) is 4.79 Å². The van der Waals surface area contributed by atoms with Gasteiger partial charge in [0.2, 0.25) is 6.29 Å². The Labute approximate surface area is 57.9 Å². The van der Waals surface area contributed by atoms with Gasteiger partial charge < -0.3 is 0 Å². The van der Waals surface area contributed by atoms with Crippen LogP contribution in [0.5, 0.6) is 0 Å². The number of hydrogen-bond donors (Lipinski definition) is 0. The highest BCUT2D eigenvalue weighted by atomic mass is 16.1. The monoisotopic (exact) mass is 131 g/mol. The Kier molecular flexibility index (Phi) is 1.76. The fourth-order valence-electron chi connectivity index (χ4n) is 0.555. The molecular formula is C7H3N2O. The Bertz CT molecular complexity index is 288. The number of nitrogens with zero attached hydrogens (tertiary/aromatic N) is 2. The Morgan fingerprint density at radius 3 is 3.00 bits per heavy atom. The molecular weight excluding hydrogens is 128 g/mol. The topological polar surface area (TPSA) is 53.8 Å². The van der Waals surface area contributed by atoms with Crippen LogP contribution >= 0.6 is 0 Å². The smallest absolute Gasteiger partial charge is 0.233 e. The van der Waals surface area contributed by atoms with Crippen LogP contribution in [0.15, 0.2) is 18.3 Å². The summed E-state index contributed by atoms with van der Waals surface area (Å²) in [5, 5.41) is 8.32. The first-order valence-electron chi connectivity index (χ1n) is 2.61. The summed E-state index contributed by atoms with van der Waals surface area (Å²) in [7, 11) is 0. The number of nitriles is 1. The van der Waals surface area contributed by atoms with Crippen LogP contribution in [0, 0.1) is 11.3 Å². The van der Waals surface area contributed by atoms with Crippen LogP contribution in [-0.4, -0.2) is 11.3 Å². The highest BCUT2D eigenvalue weighted by Crippen LogP contribution is 1.95. The summed E-state index contributed by atoms with van der Waals surface area (Å²) < 4.78 is 0. The third-order valence-corrected chi connectivity index (χ3v) is 0.992. The van der Waals surface area contributed by atoms with Crippen molar-refractivity contribution in [2.45, 2.75) is 0 Å². The van der Waals surface area contributed by atoms with E-state index in [1.165, 1.54) is 18.3 Å². The third kappa shape index (κ3) is 1.17. The summed E-state index contributed by atoms with van der Waals surface area (Å²) in [5.41, 5.74) is 0.590. The zero-order valence-electron chi connectivity index (χ0n) is 5.03.